The van der Waals surface area contributed by atoms with Crippen LogP contribution in [-0.4, -0.2) is 49.1 Å². The van der Waals surface area contributed by atoms with E-state index in [-0.39, 0.29) is 6.04 Å². The first-order chi connectivity index (χ1) is 6.13. The van der Waals surface area contributed by atoms with Crippen molar-refractivity contribution in [2.45, 2.75) is 19.9 Å². The summed E-state index contributed by atoms with van der Waals surface area (Å²) in [6.45, 7) is 8.59. The molecule has 1 aliphatic rings. The highest BCUT2D eigenvalue weighted by Crippen LogP contribution is 2.08. The molecule has 3 heteroatoms. The van der Waals surface area contributed by atoms with Gasteiger partial charge in [0.1, 0.15) is 6.04 Å². The molecule has 0 bridgehead atoms. The number of nitrogens with zero attached hydrogens (tertiary/aromatic N) is 3. The van der Waals surface area contributed by atoms with Crippen LogP contribution in [0.2, 0.25) is 0 Å². The number of likely N-dealkylation sites (N-methyl/N-ethyl adjacent to an activating group) is 1. The van der Waals surface area contributed by atoms with Crippen molar-refractivity contribution in [1.29, 1.82) is 5.26 Å². The standard InChI is InChI=1S/C10H19N3/c1-9(2)7-13-5-4-12(3)10(6-11)8-13/h9-10H,4-5,7-8H2,1-3H3. The minimum atomic E-state index is 0.0903. The summed E-state index contributed by atoms with van der Waals surface area (Å²) in [5, 5.41) is 8.90. The van der Waals surface area contributed by atoms with Crippen LogP contribution in [0.4, 0.5) is 0 Å². The monoisotopic (exact) mass is 181 g/mol. The second-order valence-corrected chi connectivity index (χ2v) is 4.28. The number of nitriles is 1. The third kappa shape index (κ3) is 2.98. The number of hydrogen-bond acceptors (Lipinski definition) is 3. The molecule has 1 fully saturated rings. The number of piperazine rings is 1. The van der Waals surface area contributed by atoms with Crippen molar-refractivity contribution in [2.75, 3.05) is 33.2 Å². The van der Waals surface area contributed by atoms with Crippen molar-refractivity contribution in [3.63, 3.8) is 0 Å². The average molecular weight is 181 g/mol. The highest BCUT2D eigenvalue weighted by atomic mass is 15.3. The second kappa shape index (κ2) is 4.59. The molecule has 1 aliphatic heterocycles. The van der Waals surface area contributed by atoms with Crippen LogP contribution in [0.1, 0.15) is 13.8 Å². The molecule has 74 valence electrons. The quantitative estimate of drug-likeness (QED) is 0.630. The lowest BCUT2D eigenvalue weighted by Gasteiger charge is -2.36. The van der Waals surface area contributed by atoms with E-state index in [1.54, 1.807) is 0 Å². The van der Waals surface area contributed by atoms with Crippen molar-refractivity contribution < 1.29 is 0 Å². The summed E-state index contributed by atoms with van der Waals surface area (Å²) in [6, 6.07) is 2.43. The van der Waals surface area contributed by atoms with Gasteiger partial charge in [-0.2, -0.15) is 5.26 Å². The lowest BCUT2D eigenvalue weighted by molar-refractivity contribution is 0.112. The average Bonchev–Trinajstić information content (AvgIpc) is 2.07. The maximum atomic E-state index is 8.90. The van der Waals surface area contributed by atoms with Crippen molar-refractivity contribution in [3.8, 4) is 6.07 Å². The van der Waals surface area contributed by atoms with Gasteiger partial charge in [-0.05, 0) is 13.0 Å². The third-order valence-electron chi connectivity index (χ3n) is 2.50. The first-order valence-electron chi connectivity index (χ1n) is 4.95. The van der Waals surface area contributed by atoms with Gasteiger partial charge in [-0.15, -0.1) is 0 Å². The maximum Gasteiger partial charge on any atom is 0.110 e. The SMILES string of the molecule is CC(C)CN1CCN(C)C(C#N)C1. The topological polar surface area (TPSA) is 30.3 Å². The number of hydrogen-bond donors (Lipinski definition) is 0. The summed E-state index contributed by atoms with van der Waals surface area (Å²) in [5.41, 5.74) is 0. The molecule has 0 aromatic heterocycles. The predicted molar refractivity (Wildman–Crippen MR) is 53.3 cm³/mol. The Morgan fingerprint density at radius 2 is 2.15 bits per heavy atom. The molecule has 13 heavy (non-hydrogen) atoms. The first-order valence-corrected chi connectivity index (χ1v) is 4.95. The van der Waals surface area contributed by atoms with E-state index in [2.05, 4.69) is 29.7 Å². The zero-order valence-corrected chi connectivity index (χ0v) is 8.82. The van der Waals surface area contributed by atoms with Crippen molar-refractivity contribution in [2.24, 2.45) is 5.92 Å². The van der Waals surface area contributed by atoms with Gasteiger partial charge in [-0.3, -0.25) is 9.80 Å². The molecule has 1 atom stereocenters. The highest BCUT2D eigenvalue weighted by molar-refractivity contribution is 4.95. The fourth-order valence-electron chi connectivity index (χ4n) is 1.75. The number of rotatable bonds is 2. The Morgan fingerprint density at radius 3 is 2.69 bits per heavy atom. The van der Waals surface area contributed by atoms with Gasteiger partial charge in [0.2, 0.25) is 0 Å². The van der Waals surface area contributed by atoms with Crippen LogP contribution in [0.5, 0.6) is 0 Å². The summed E-state index contributed by atoms with van der Waals surface area (Å²) in [4.78, 5) is 4.52. The van der Waals surface area contributed by atoms with Crippen molar-refractivity contribution >= 4 is 0 Å². The highest BCUT2D eigenvalue weighted by Gasteiger charge is 2.23. The molecular formula is C10H19N3. The maximum absolute atomic E-state index is 8.90. The van der Waals surface area contributed by atoms with E-state index in [1.807, 2.05) is 7.05 Å². The third-order valence-corrected chi connectivity index (χ3v) is 2.50. The molecule has 0 aromatic rings. The second-order valence-electron chi connectivity index (χ2n) is 4.28. The van der Waals surface area contributed by atoms with Crippen LogP contribution < -0.4 is 0 Å². The Labute approximate surface area is 80.9 Å². The lowest BCUT2D eigenvalue weighted by Crippen LogP contribution is -2.51. The minimum absolute atomic E-state index is 0.0903. The van der Waals surface area contributed by atoms with Crippen LogP contribution in [0.25, 0.3) is 0 Å². The summed E-state index contributed by atoms with van der Waals surface area (Å²) in [5.74, 6) is 0.697. The fraction of sp³-hybridized carbons (Fsp3) is 0.900. The van der Waals surface area contributed by atoms with Gasteiger partial charge >= 0.3 is 0 Å². The molecule has 1 saturated heterocycles. The van der Waals surface area contributed by atoms with E-state index in [0.717, 1.165) is 26.2 Å². The summed E-state index contributed by atoms with van der Waals surface area (Å²) < 4.78 is 0. The predicted octanol–water partition coefficient (Wildman–Crippen LogP) is 0.782. The molecule has 3 nitrogen and oxygen atoms in total. The first kappa shape index (κ1) is 10.5. The minimum Gasteiger partial charge on any atom is -0.299 e. The molecule has 0 aliphatic carbocycles. The van der Waals surface area contributed by atoms with Gasteiger partial charge in [-0.25, -0.2) is 0 Å². The largest absolute Gasteiger partial charge is 0.299 e. The van der Waals surface area contributed by atoms with E-state index < -0.39 is 0 Å². The Hall–Kier alpha value is -0.590. The molecule has 1 unspecified atom stereocenters. The molecule has 0 radical (unpaired) electrons. The molecular weight excluding hydrogens is 162 g/mol. The van der Waals surface area contributed by atoms with Crippen molar-refractivity contribution in [3.05, 3.63) is 0 Å². The van der Waals surface area contributed by atoms with Gasteiger partial charge in [0.15, 0.2) is 0 Å². The molecule has 0 aromatic carbocycles. The summed E-state index contributed by atoms with van der Waals surface area (Å²) in [7, 11) is 2.03. The van der Waals surface area contributed by atoms with Crippen LogP contribution in [0.15, 0.2) is 0 Å². The Bertz CT molecular complexity index is 195. The fourth-order valence-corrected chi connectivity index (χ4v) is 1.75. The molecule has 1 heterocycles. The van der Waals surface area contributed by atoms with Gasteiger partial charge in [0.05, 0.1) is 6.07 Å². The summed E-state index contributed by atoms with van der Waals surface area (Å²) >= 11 is 0. The zero-order chi connectivity index (χ0) is 9.84. The van der Waals surface area contributed by atoms with E-state index >= 15 is 0 Å². The molecule has 0 spiro atoms. The summed E-state index contributed by atoms with van der Waals surface area (Å²) in [6.07, 6.45) is 0. The zero-order valence-electron chi connectivity index (χ0n) is 8.82. The van der Waals surface area contributed by atoms with Crippen molar-refractivity contribution in [1.82, 2.24) is 9.80 Å². The normalized spacial score (nSPS) is 26.2. The van der Waals surface area contributed by atoms with E-state index in [4.69, 9.17) is 5.26 Å². The van der Waals surface area contributed by atoms with Gasteiger partial charge in [-0.1, -0.05) is 13.8 Å². The molecule has 0 N–H and O–H groups in total. The van der Waals surface area contributed by atoms with Crippen LogP contribution in [0.3, 0.4) is 0 Å². The smallest absolute Gasteiger partial charge is 0.110 e. The van der Waals surface area contributed by atoms with Gasteiger partial charge < -0.3 is 0 Å². The lowest BCUT2D eigenvalue weighted by atomic mass is 10.1. The van der Waals surface area contributed by atoms with Crippen LogP contribution >= 0.6 is 0 Å². The Balaban J connectivity index is 2.41. The van der Waals surface area contributed by atoms with E-state index in [1.165, 1.54) is 0 Å². The van der Waals surface area contributed by atoms with Gasteiger partial charge in [0, 0.05) is 26.2 Å². The Morgan fingerprint density at radius 1 is 1.46 bits per heavy atom. The van der Waals surface area contributed by atoms with Gasteiger partial charge in [0.25, 0.3) is 0 Å². The molecule has 0 amide bonds. The van der Waals surface area contributed by atoms with Crippen LogP contribution in [-0.2, 0) is 0 Å². The molecule has 1 rings (SSSR count). The van der Waals surface area contributed by atoms with E-state index in [9.17, 15) is 0 Å². The molecule has 0 saturated carbocycles. The van der Waals surface area contributed by atoms with Crippen LogP contribution in [0, 0.1) is 17.2 Å². The Kier molecular flexibility index (Phi) is 3.71. The van der Waals surface area contributed by atoms with E-state index in [0.29, 0.717) is 5.92 Å².